The molecule has 4 heteroatoms. The Morgan fingerprint density at radius 3 is 2.38 bits per heavy atom. The Labute approximate surface area is 98.0 Å². The van der Waals surface area contributed by atoms with E-state index in [2.05, 4.69) is 5.32 Å². The highest BCUT2D eigenvalue weighted by Crippen LogP contribution is 2.43. The van der Waals surface area contributed by atoms with E-state index in [9.17, 15) is 4.79 Å². The van der Waals surface area contributed by atoms with Gasteiger partial charge in [0.1, 0.15) is 0 Å². The number of hydroxylamine groups is 2. The molecule has 0 aromatic rings. The van der Waals surface area contributed by atoms with Gasteiger partial charge < -0.3 is 10.5 Å². The molecule has 0 saturated carbocycles. The zero-order valence-electron chi connectivity index (χ0n) is 11.1. The first-order valence-electron chi connectivity index (χ1n) is 6.02. The number of amides is 1. The van der Waals surface area contributed by atoms with Crippen molar-refractivity contribution in [3.8, 4) is 0 Å². The highest BCUT2D eigenvalue weighted by atomic mass is 16.5. The van der Waals surface area contributed by atoms with Crippen molar-refractivity contribution in [2.24, 2.45) is 5.92 Å². The molecule has 1 fully saturated rings. The Hall–Kier alpha value is -0.610. The molecule has 1 rings (SSSR count). The van der Waals surface area contributed by atoms with Crippen LogP contribution >= 0.6 is 0 Å². The van der Waals surface area contributed by atoms with Crippen LogP contribution in [-0.4, -0.2) is 33.8 Å². The highest BCUT2D eigenvalue weighted by Gasteiger charge is 2.57. The van der Waals surface area contributed by atoms with Gasteiger partial charge in [0.25, 0.3) is 0 Å². The Balaban J connectivity index is 2.79. The van der Waals surface area contributed by atoms with Crippen LogP contribution in [0.2, 0.25) is 0 Å². The van der Waals surface area contributed by atoms with Crippen LogP contribution in [0.5, 0.6) is 0 Å². The number of rotatable bonds is 3. The first-order chi connectivity index (χ1) is 7.23. The molecule has 1 heterocycles. The van der Waals surface area contributed by atoms with Gasteiger partial charge >= 0.3 is 0 Å². The summed E-state index contributed by atoms with van der Waals surface area (Å²) in [4.78, 5) is 12.0. The summed E-state index contributed by atoms with van der Waals surface area (Å²) in [5, 5.41) is 12.6. The third kappa shape index (κ3) is 2.23. The molecular formula is C12H25N2O2+. The average molecular weight is 229 g/mol. The number of hydrogen-bond donors (Lipinski definition) is 1. The fourth-order valence-electron chi connectivity index (χ4n) is 2.56. The number of hydrogen-bond acceptors (Lipinski definition) is 2. The summed E-state index contributed by atoms with van der Waals surface area (Å²) >= 11 is 0. The van der Waals surface area contributed by atoms with E-state index in [1.165, 1.54) is 0 Å². The van der Waals surface area contributed by atoms with Crippen LogP contribution in [-0.2, 0) is 4.79 Å². The minimum Gasteiger partial charge on any atom is -0.356 e. The van der Waals surface area contributed by atoms with Gasteiger partial charge in [-0.1, -0.05) is 12.0 Å². The van der Waals surface area contributed by atoms with Gasteiger partial charge in [0.05, 0.1) is 17.0 Å². The number of carbonyl (C=O) groups excluding carboxylic acids is 1. The summed E-state index contributed by atoms with van der Waals surface area (Å²) in [5.41, 5.74) is -0.612. The zero-order chi connectivity index (χ0) is 12.6. The van der Waals surface area contributed by atoms with Crippen LogP contribution in [0.1, 0.15) is 47.5 Å². The maximum Gasteiger partial charge on any atom is 0.225 e. The van der Waals surface area contributed by atoms with Gasteiger partial charge in [-0.2, -0.15) is 0 Å². The van der Waals surface area contributed by atoms with Crippen LogP contribution in [0.4, 0.5) is 0 Å². The van der Waals surface area contributed by atoms with Crippen LogP contribution < -0.4 is 5.32 Å². The Kier molecular flexibility index (Phi) is 3.65. The first-order valence-corrected chi connectivity index (χ1v) is 6.02. The van der Waals surface area contributed by atoms with E-state index >= 15 is 0 Å². The lowest BCUT2D eigenvalue weighted by molar-refractivity contribution is -0.197. The summed E-state index contributed by atoms with van der Waals surface area (Å²) in [5.74, 6) is 0.00113. The van der Waals surface area contributed by atoms with Crippen molar-refractivity contribution in [1.82, 2.24) is 10.4 Å². The molecule has 16 heavy (non-hydrogen) atoms. The smallest absolute Gasteiger partial charge is 0.225 e. The van der Waals surface area contributed by atoms with Crippen LogP contribution in [0.25, 0.3) is 0 Å². The fraction of sp³-hybridized carbons (Fsp3) is 0.917. The summed E-state index contributed by atoms with van der Waals surface area (Å²) in [7, 11) is 0. The predicted octanol–water partition coefficient (Wildman–Crippen LogP) is 1.03. The van der Waals surface area contributed by atoms with E-state index in [4.69, 9.17) is 5.21 Å². The molecule has 0 radical (unpaired) electrons. The van der Waals surface area contributed by atoms with E-state index < -0.39 is 0 Å². The van der Waals surface area contributed by atoms with E-state index in [-0.39, 0.29) is 22.9 Å². The molecule has 1 saturated heterocycles. The molecule has 0 aromatic heterocycles. The highest BCUT2D eigenvalue weighted by molar-refractivity contribution is 5.80. The Morgan fingerprint density at radius 2 is 2.00 bits per heavy atom. The quantitative estimate of drug-likeness (QED) is 0.735. The van der Waals surface area contributed by atoms with Gasteiger partial charge in [-0.15, -0.1) is 0 Å². The fourth-order valence-corrected chi connectivity index (χ4v) is 2.56. The van der Waals surface area contributed by atoms with Crippen LogP contribution in [0.15, 0.2) is 0 Å². The standard InChI is InChI=1S/C12H24N2O2/c1-6-7-13-10(15)9-8-11(2,3)14(16)12(9,4)5/h9,16H,6-8H2,1-5H3,(H,13,15)/p+1. The maximum absolute atomic E-state index is 12.0. The maximum atomic E-state index is 12.0. The monoisotopic (exact) mass is 229 g/mol. The second kappa shape index (κ2) is 4.34. The van der Waals surface area contributed by atoms with Crippen molar-refractivity contribution in [2.45, 2.75) is 58.5 Å². The molecule has 4 nitrogen and oxygen atoms in total. The second-order valence-corrected chi connectivity index (χ2v) is 5.85. The van der Waals surface area contributed by atoms with Gasteiger partial charge in [-0.05, 0) is 40.5 Å². The first kappa shape index (κ1) is 13.5. The Morgan fingerprint density at radius 1 is 1.44 bits per heavy atom. The second-order valence-electron chi connectivity index (χ2n) is 5.85. The topological polar surface area (TPSA) is 55.2 Å². The molecule has 0 bridgehead atoms. The van der Waals surface area contributed by atoms with Crippen LogP contribution in [0.3, 0.4) is 0 Å². The van der Waals surface area contributed by atoms with E-state index in [1.54, 1.807) is 5.06 Å². The molecule has 1 amide bonds. The molecule has 0 aliphatic carbocycles. The molecule has 3 N–H and O–H groups in total. The summed E-state index contributed by atoms with van der Waals surface area (Å²) in [6.07, 6.45) is 1.70. The van der Waals surface area contributed by atoms with Crippen molar-refractivity contribution in [1.29, 1.82) is 0 Å². The van der Waals surface area contributed by atoms with Gasteiger partial charge in [-0.3, -0.25) is 4.79 Å². The van der Waals surface area contributed by atoms with Crippen molar-refractivity contribution < 1.29 is 10.0 Å². The van der Waals surface area contributed by atoms with Crippen molar-refractivity contribution in [3.05, 3.63) is 0 Å². The van der Waals surface area contributed by atoms with Gasteiger partial charge in [0, 0.05) is 6.54 Å². The molecule has 1 aliphatic rings. The molecule has 1 unspecified atom stereocenters. The number of nitrogens with one attached hydrogen (secondary N) is 1. The normalized spacial score (nSPS) is 28.0. The number of nitrogens with zero attached hydrogens (tertiary/aromatic N) is 1. The van der Waals surface area contributed by atoms with E-state index in [0.717, 1.165) is 19.4 Å². The van der Waals surface area contributed by atoms with Gasteiger partial charge in [-0.25, -0.2) is 0 Å². The minimum absolute atomic E-state index is 0.0912. The van der Waals surface area contributed by atoms with Crippen LogP contribution in [0, 0.1) is 5.92 Å². The molecule has 0 spiro atoms. The Bertz CT molecular complexity index is 274. The van der Waals surface area contributed by atoms with E-state index in [0.29, 0.717) is 0 Å². The SMILES string of the molecule is CCCNC(=O)C1CC(C)(C)N([OH2+])C1(C)C. The molecular weight excluding hydrogens is 204 g/mol. The van der Waals surface area contributed by atoms with Crippen molar-refractivity contribution in [3.63, 3.8) is 0 Å². The largest absolute Gasteiger partial charge is 0.356 e. The molecule has 0 aromatic carbocycles. The van der Waals surface area contributed by atoms with Gasteiger partial charge in [0.15, 0.2) is 0 Å². The average Bonchev–Trinajstić information content (AvgIpc) is 2.35. The lowest BCUT2D eigenvalue weighted by Crippen LogP contribution is -2.49. The predicted molar refractivity (Wildman–Crippen MR) is 65.0 cm³/mol. The van der Waals surface area contributed by atoms with Crippen molar-refractivity contribution >= 4 is 5.91 Å². The molecule has 1 aliphatic heterocycles. The van der Waals surface area contributed by atoms with Gasteiger partial charge in [0.2, 0.25) is 5.91 Å². The minimum atomic E-state index is -0.388. The lowest BCUT2D eigenvalue weighted by Gasteiger charge is -2.30. The van der Waals surface area contributed by atoms with E-state index in [1.807, 2.05) is 34.6 Å². The number of carbonyl (C=O) groups is 1. The lowest BCUT2D eigenvalue weighted by atomic mass is 9.86. The summed E-state index contributed by atoms with van der Waals surface area (Å²) in [6.45, 7) is 10.8. The summed E-state index contributed by atoms with van der Waals surface area (Å²) < 4.78 is 0. The molecule has 1 atom stereocenters. The summed E-state index contributed by atoms with van der Waals surface area (Å²) in [6, 6.07) is 0. The third-order valence-electron chi connectivity index (χ3n) is 3.60. The molecule has 94 valence electrons. The van der Waals surface area contributed by atoms with Crippen molar-refractivity contribution in [2.75, 3.05) is 6.54 Å². The third-order valence-corrected chi connectivity index (χ3v) is 3.60. The zero-order valence-corrected chi connectivity index (χ0v) is 11.1.